The predicted molar refractivity (Wildman–Crippen MR) is 39.0 cm³/mol. The molecule has 4 nitrogen and oxygen atoms in total. The summed E-state index contributed by atoms with van der Waals surface area (Å²) in [7, 11) is 0. The molecule has 0 spiro atoms. The van der Waals surface area contributed by atoms with Crippen molar-refractivity contribution in [3.63, 3.8) is 0 Å². The minimum absolute atomic E-state index is 0.272. The molecule has 0 aromatic carbocycles. The van der Waals surface area contributed by atoms with Crippen molar-refractivity contribution in [2.24, 2.45) is 0 Å². The molecule has 1 N–H and O–H groups in total. The fraction of sp³-hybridized carbons (Fsp3) is 0.375. The lowest BCUT2D eigenvalue weighted by molar-refractivity contribution is 0.0692. The molecule has 0 saturated heterocycles. The van der Waals surface area contributed by atoms with Crippen molar-refractivity contribution in [1.82, 2.24) is 0 Å². The molecule has 0 saturated carbocycles. The average Bonchev–Trinajstić information content (AvgIpc) is 2.47. The Morgan fingerprint density at radius 1 is 1.58 bits per heavy atom. The molecule has 4 heteroatoms. The van der Waals surface area contributed by atoms with Gasteiger partial charge in [-0.15, -0.1) is 0 Å². The average molecular weight is 168 g/mol. The van der Waals surface area contributed by atoms with Crippen LogP contribution < -0.4 is 0 Å². The first kappa shape index (κ1) is 7.36. The molecule has 1 aliphatic heterocycles. The Morgan fingerprint density at radius 2 is 2.42 bits per heavy atom. The van der Waals surface area contributed by atoms with Gasteiger partial charge in [-0.25, -0.2) is 4.79 Å². The monoisotopic (exact) mass is 168 g/mol. The summed E-state index contributed by atoms with van der Waals surface area (Å²) in [6.07, 6.45) is 1.91. The smallest absolute Gasteiger partial charge is 0.339 e. The number of carboxylic acids is 1. The zero-order valence-corrected chi connectivity index (χ0v) is 6.37. The van der Waals surface area contributed by atoms with E-state index in [1.165, 1.54) is 6.26 Å². The highest BCUT2D eigenvalue weighted by Crippen LogP contribution is 2.22. The van der Waals surface area contributed by atoms with Gasteiger partial charge in [0.05, 0.1) is 6.61 Å². The van der Waals surface area contributed by atoms with Crippen LogP contribution in [0.25, 0.3) is 0 Å². The van der Waals surface area contributed by atoms with Gasteiger partial charge in [0, 0.05) is 12.0 Å². The van der Waals surface area contributed by atoms with Crippen LogP contribution in [0.15, 0.2) is 10.7 Å². The molecular weight excluding hydrogens is 160 g/mol. The molecule has 1 aromatic rings. The van der Waals surface area contributed by atoms with E-state index in [0.717, 1.165) is 5.56 Å². The molecule has 0 amide bonds. The van der Waals surface area contributed by atoms with Crippen molar-refractivity contribution >= 4 is 5.97 Å². The molecule has 2 heterocycles. The van der Waals surface area contributed by atoms with Crippen molar-refractivity contribution in [3.8, 4) is 0 Å². The van der Waals surface area contributed by atoms with E-state index in [0.29, 0.717) is 25.4 Å². The van der Waals surface area contributed by atoms with Gasteiger partial charge in [-0.1, -0.05) is 0 Å². The maximum Gasteiger partial charge on any atom is 0.339 e. The highest BCUT2D eigenvalue weighted by atomic mass is 16.5. The largest absolute Gasteiger partial charge is 0.478 e. The van der Waals surface area contributed by atoms with E-state index in [1.54, 1.807) is 0 Å². The van der Waals surface area contributed by atoms with Crippen molar-refractivity contribution in [3.05, 3.63) is 23.2 Å². The second-order valence-electron chi connectivity index (χ2n) is 2.66. The summed E-state index contributed by atoms with van der Waals surface area (Å²) in [6, 6.07) is 0. The number of hydrogen-bond acceptors (Lipinski definition) is 3. The predicted octanol–water partition coefficient (Wildman–Crippen LogP) is 1.05. The Balaban J connectivity index is 2.44. The second kappa shape index (κ2) is 2.64. The topological polar surface area (TPSA) is 59.7 Å². The van der Waals surface area contributed by atoms with E-state index in [4.69, 9.17) is 14.3 Å². The van der Waals surface area contributed by atoms with Gasteiger partial charge in [-0.3, -0.25) is 0 Å². The van der Waals surface area contributed by atoms with Gasteiger partial charge in [0.15, 0.2) is 0 Å². The molecule has 12 heavy (non-hydrogen) atoms. The number of carboxylic acid groups (broad SMARTS) is 1. The van der Waals surface area contributed by atoms with Crippen LogP contribution >= 0.6 is 0 Å². The van der Waals surface area contributed by atoms with Crippen LogP contribution in [0.2, 0.25) is 0 Å². The molecule has 0 atom stereocenters. The van der Waals surface area contributed by atoms with Crippen LogP contribution in [0.1, 0.15) is 21.7 Å². The minimum atomic E-state index is -0.929. The molecule has 64 valence electrons. The lowest BCUT2D eigenvalue weighted by Crippen LogP contribution is -2.10. The molecule has 1 aromatic heterocycles. The van der Waals surface area contributed by atoms with Crippen molar-refractivity contribution < 1.29 is 19.1 Å². The summed E-state index contributed by atoms with van der Waals surface area (Å²) in [5.74, 6) is -0.277. The Bertz CT molecular complexity index is 313. The number of carbonyl (C=O) groups is 1. The second-order valence-corrected chi connectivity index (χ2v) is 2.66. The van der Waals surface area contributed by atoms with Gasteiger partial charge < -0.3 is 14.3 Å². The highest BCUT2D eigenvalue weighted by Gasteiger charge is 2.21. The van der Waals surface area contributed by atoms with Gasteiger partial charge in [0.2, 0.25) is 0 Å². The zero-order chi connectivity index (χ0) is 8.55. The van der Waals surface area contributed by atoms with Crippen LogP contribution in [0.4, 0.5) is 0 Å². The highest BCUT2D eigenvalue weighted by molar-refractivity contribution is 5.89. The van der Waals surface area contributed by atoms with E-state index in [1.807, 2.05) is 0 Å². The first-order valence-electron chi connectivity index (χ1n) is 3.69. The third-order valence-electron chi connectivity index (χ3n) is 1.94. The SMILES string of the molecule is O=C(O)c1coc2c1CCOC2. The Kier molecular flexibility index (Phi) is 1.62. The molecule has 1 aliphatic rings. The molecule has 0 bridgehead atoms. The van der Waals surface area contributed by atoms with Crippen LogP contribution in [0.5, 0.6) is 0 Å². The maximum atomic E-state index is 10.6. The van der Waals surface area contributed by atoms with Crippen LogP contribution in [0.3, 0.4) is 0 Å². The molecule has 0 radical (unpaired) electrons. The molecule has 0 aliphatic carbocycles. The molecule has 0 unspecified atom stereocenters. The van der Waals surface area contributed by atoms with Gasteiger partial charge in [0.1, 0.15) is 24.2 Å². The summed E-state index contributed by atoms with van der Waals surface area (Å²) in [5, 5.41) is 8.73. The third-order valence-corrected chi connectivity index (χ3v) is 1.94. The summed E-state index contributed by atoms with van der Waals surface area (Å²) in [5.41, 5.74) is 1.06. The molecular formula is C8H8O4. The van der Waals surface area contributed by atoms with E-state index in [-0.39, 0.29) is 5.56 Å². The number of aromatic carboxylic acids is 1. The fourth-order valence-electron chi connectivity index (χ4n) is 1.34. The Hall–Kier alpha value is -1.29. The van der Waals surface area contributed by atoms with Crippen molar-refractivity contribution in [2.45, 2.75) is 13.0 Å². The van der Waals surface area contributed by atoms with E-state index < -0.39 is 5.97 Å². The van der Waals surface area contributed by atoms with Crippen LogP contribution in [-0.4, -0.2) is 17.7 Å². The van der Waals surface area contributed by atoms with E-state index in [9.17, 15) is 4.79 Å². The number of ether oxygens (including phenoxy) is 1. The van der Waals surface area contributed by atoms with Gasteiger partial charge >= 0.3 is 5.97 Å². The summed E-state index contributed by atoms with van der Waals surface area (Å²) < 4.78 is 10.1. The minimum Gasteiger partial charge on any atom is -0.478 e. The molecule has 0 fully saturated rings. The Morgan fingerprint density at radius 3 is 3.17 bits per heavy atom. The quantitative estimate of drug-likeness (QED) is 0.680. The van der Waals surface area contributed by atoms with Crippen molar-refractivity contribution in [1.29, 1.82) is 0 Å². The van der Waals surface area contributed by atoms with Gasteiger partial charge in [0.25, 0.3) is 0 Å². The van der Waals surface area contributed by atoms with E-state index in [2.05, 4.69) is 0 Å². The number of fused-ring (bicyclic) bond motifs is 1. The standard InChI is InChI=1S/C8H8O4/c9-8(10)6-3-12-7-4-11-2-1-5(6)7/h3H,1-2,4H2,(H,9,10). The fourth-order valence-corrected chi connectivity index (χ4v) is 1.34. The number of hydrogen-bond donors (Lipinski definition) is 1. The maximum absolute atomic E-state index is 10.6. The van der Waals surface area contributed by atoms with Crippen molar-refractivity contribution in [2.75, 3.05) is 6.61 Å². The van der Waals surface area contributed by atoms with Gasteiger partial charge in [-0.05, 0) is 0 Å². The normalized spacial score (nSPS) is 15.7. The summed E-state index contributed by atoms with van der Waals surface area (Å²) in [6.45, 7) is 0.968. The third kappa shape index (κ3) is 1.00. The first-order chi connectivity index (χ1) is 5.79. The van der Waals surface area contributed by atoms with Gasteiger partial charge in [-0.2, -0.15) is 0 Å². The Labute approximate surface area is 68.7 Å². The van der Waals surface area contributed by atoms with Crippen LogP contribution in [0, 0.1) is 0 Å². The summed E-state index contributed by atoms with van der Waals surface area (Å²) >= 11 is 0. The van der Waals surface area contributed by atoms with E-state index >= 15 is 0 Å². The number of furan rings is 1. The van der Waals surface area contributed by atoms with Crippen LogP contribution in [-0.2, 0) is 17.8 Å². The first-order valence-corrected chi connectivity index (χ1v) is 3.69. The summed E-state index contributed by atoms with van der Waals surface area (Å²) in [4.78, 5) is 10.6. The lowest BCUT2D eigenvalue weighted by atomic mass is 10.1. The number of rotatable bonds is 1. The lowest BCUT2D eigenvalue weighted by Gasteiger charge is -2.10. The molecule has 2 rings (SSSR count). The zero-order valence-electron chi connectivity index (χ0n) is 6.37.